The maximum absolute atomic E-state index is 3.41. The van der Waals surface area contributed by atoms with Gasteiger partial charge in [-0.25, -0.2) is 0 Å². The Labute approximate surface area is 97.7 Å². The molecule has 0 atom stereocenters. The van der Waals surface area contributed by atoms with Crippen molar-refractivity contribution >= 4 is 10.4 Å². The molecule has 5 heteroatoms. The van der Waals surface area contributed by atoms with Gasteiger partial charge in [-0.15, -0.1) is 0 Å². The Bertz CT molecular complexity index is 144. The van der Waals surface area contributed by atoms with E-state index >= 15 is 0 Å². The van der Waals surface area contributed by atoms with Crippen LogP contribution in [0, 0.1) is 0 Å². The normalized spacial score (nSPS) is 12.6. The van der Waals surface area contributed by atoms with Crippen LogP contribution in [-0.2, 0) is 0 Å². The van der Waals surface area contributed by atoms with Crippen molar-refractivity contribution in [3.63, 3.8) is 0 Å². The molecule has 0 aliphatic heterocycles. The van der Waals surface area contributed by atoms with E-state index in [1.807, 2.05) is 14.1 Å². The number of rotatable bonds is 9. The van der Waals surface area contributed by atoms with E-state index in [-0.39, 0.29) is 5.79 Å². The van der Waals surface area contributed by atoms with Crippen molar-refractivity contribution in [1.29, 1.82) is 0 Å². The number of hydrogen-bond donors (Lipinski definition) is 3. The fourth-order valence-electron chi connectivity index (χ4n) is 2.02. The van der Waals surface area contributed by atoms with Crippen LogP contribution in [0.1, 0.15) is 26.7 Å². The van der Waals surface area contributed by atoms with Crippen molar-refractivity contribution in [2.75, 3.05) is 33.7 Å². The molecule has 0 aromatic carbocycles. The molecule has 0 rings (SSSR count). The third-order valence-corrected chi connectivity index (χ3v) is 3.14. The van der Waals surface area contributed by atoms with E-state index in [2.05, 4.69) is 34.4 Å². The van der Waals surface area contributed by atoms with Crippen LogP contribution in [0.4, 0.5) is 0 Å². The van der Waals surface area contributed by atoms with Gasteiger partial charge >= 0.3 is 0 Å². The summed E-state index contributed by atoms with van der Waals surface area (Å²) < 4.78 is 0. The summed E-state index contributed by atoms with van der Waals surface area (Å²) in [4.78, 5) is 5.86. The highest BCUT2D eigenvalue weighted by atomic mass is 28.2. The molecule has 0 aromatic rings. The third-order valence-electron chi connectivity index (χ3n) is 2.79. The SMILES string of the molecule is CCCN(CCC)C(CN[SiH3])(NC)NC. The minimum absolute atomic E-state index is 0.0895. The van der Waals surface area contributed by atoms with Crippen LogP contribution in [-0.4, -0.2) is 54.8 Å². The van der Waals surface area contributed by atoms with Gasteiger partial charge in [-0.05, 0) is 26.9 Å². The summed E-state index contributed by atoms with van der Waals surface area (Å²) in [6.07, 6.45) is 2.37. The Kier molecular flexibility index (Phi) is 8.27. The summed E-state index contributed by atoms with van der Waals surface area (Å²) in [6, 6.07) is 0. The van der Waals surface area contributed by atoms with Crippen LogP contribution in [0.25, 0.3) is 0 Å². The number of nitrogens with zero attached hydrogens (tertiary/aromatic N) is 1. The molecule has 3 N–H and O–H groups in total. The first-order valence-electron chi connectivity index (χ1n) is 5.98. The van der Waals surface area contributed by atoms with E-state index in [4.69, 9.17) is 0 Å². The summed E-state index contributed by atoms with van der Waals surface area (Å²) in [5.41, 5.74) is 0. The lowest BCUT2D eigenvalue weighted by atomic mass is 10.2. The van der Waals surface area contributed by atoms with Crippen molar-refractivity contribution in [3.8, 4) is 0 Å². The molecule has 0 bridgehead atoms. The Balaban J connectivity index is 4.62. The molecule has 15 heavy (non-hydrogen) atoms. The van der Waals surface area contributed by atoms with Gasteiger partial charge in [-0.1, -0.05) is 13.8 Å². The molecule has 4 nitrogen and oxygen atoms in total. The van der Waals surface area contributed by atoms with Gasteiger partial charge < -0.3 is 4.98 Å². The number of nitrogens with one attached hydrogen (secondary N) is 3. The molecule has 0 fully saturated rings. The number of likely N-dealkylation sites (N-methyl/N-ethyl adjacent to an activating group) is 2. The summed E-state index contributed by atoms with van der Waals surface area (Å²) in [6.45, 7) is 7.66. The maximum atomic E-state index is 3.41. The predicted molar refractivity (Wildman–Crippen MR) is 70.9 cm³/mol. The van der Waals surface area contributed by atoms with Crippen LogP contribution in [0.2, 0.25) is 0 Å². The summed E-state index contributed by atoms with van der Waals surface area (Å²) >= 11 is 0. The average molecular weight is 232 g/mol. The van der Waals surface area contributed by atoms with Gasteiger partial charge in [0.15, 0.2) is 0 Å². The largest absolute Gasteiger partial charge is 0.341 e. The molecular weight excluding hydrogens is 204 g/mol. The molecule has 0 aliphatic carbocycles. The van der Waals surface area contributed by atoms with Crippen LogP contribution >= 0.6 is 0 Å². The van der Waals surface area contributed by atoms with Crippen molar-refractivity contribution in [3.05, 3.63) is 0 Å². The second-order valence-corrected chi connectivity index (χ2v) is 4.58. The van der Waals surface area contributed by atoms with E-state index < -0.39 is 0 Å². The lowest BCUT2D eigenvalue weighted by molar-refractivity contribution is 0.0396. The highest BCUT2D eigenvalue weighted by Crippen LogP contribution is 2.08. The Hall–Kier alpha value is 0.0569. The van der Waals surface area contributed by atoms with Gasteiger partial charge in [0.1, 0.15) is 5.79 Å². The standard InChI is InChI=1S/C10H28N4Si/c1-5-7-14(8-6-2)10(11-3,12-4)9-13-15/h11-13H,5-9H2,1-4,15H3. The Morgan fingerprint density at radius 3 is 1.80 bits per heavy atom. The topological polar surface area (TPSA) is 39.3 Å². The zero-order valence-electron chi connectivity index (χ0n) is 11.0. The van der Waals surface area contributed by atoms with Crippen LogP contribution in [0.15, 0.2) is 0 Å². The summed E-state index contributed by atoms with van der Waals surface area (Å²) in [5.74, 6) is -0.0895. The molecule has 92 valence electrons. The van der Waals surface area contributed by atoms with Gasteiger partial charge in [0.05, 0.1) is 10.4 Å². The molecule has 0 heterocycles. The lowest BCUT2D eigenvalue weighted by Gasteiger charge is -2.43. The van der Waals surface area contributed by atoms with Gasteiger partial charge in [-0.2, -0.15) is 0 Å². The van der Waals surface area contributed by atoms with Crippen molar-refractivity contribution in [2.24, 2.45) is 0 Å². The van der Waals surface area contributed by atoms with E-state index in [0.717, 1.165) is 30.0 Å². The molecule has 0 radical (unpaired) electrons. The van der Waals surface area contributed by atoms with Crippen LogP contribution < -0.4 is 15.6 Å². The lowest BCUT2D eigenvalue weighted by Crippen LogP contribution is -2.70. The second kappa shape index (κ2) is 8.24. The minimum Gasteiger partial charge on any atom is -0.341 e. The zero-order chi connectivity index (χ0) is 11.7. The Morgan fingerprint density at radius 2 is 1.53 bits per heavy atom. The third kappa shape index (κ3) is 4.20. The van der Waals surface area contributed by atoms with Crippen LogP contribution in [0.5, 0.6) is 0 Å². The van der Waals surface area contributed by atoms with Crippen molar-refractivity contribution < 1.29 is 0 Å². The van der Waals surface area contributed by atoms with E-state index in [9.17, 15) is 0 Å². The zero-order valence-corrected chi connectivity index (χ0v) is 13.0. The van der Waals surface area contributed by atoms with Crippen molar-refractivity contribution in [2.45, 2.75) is 32.5 Å². The smallest absolute Gasteiger partial charge is 0.137 e. The first-order chi connectivity index (χ1) is 7.20. The predicted octanol–water partition coefficient (Wildman–Crippen LogP) is -0.929. The maximum Gasteiger partial charge on any atom is 0.137 e. The molecular formula is C10H28N4Si. The highest BCUT2D eigenvalue weighted by Gasteiger charge is 2.31. The molecule has 0 aromatic heterocycles. The molecule has 0 saturated carbocycles. The molecule has 0 unspecified atom stereocenters. The minimum atomic E-state index is -0.0895. The van der Waals surface area contributed by atoms with E-state index in [1.54, 1.807) is 0 Å². The van der Waals surface area contributed by atoms with Gasteiger partial charge in [0.25, 0.3) is 0 Å². The summed E-state index contributed by atoms with van der Waals surface area (Å²) in [7, 11) is 5.07. The molecule has 0 aliphatic rings. The molecule has 0 saturated heterocycles. The molecule has 0 spiro atoms. The quantitative estimate of drug-likeness (QED) is 0.355. The van der Waals surface area contributed by atoms with Crippen molar-refractivity contribution in [1.82, 2.24) is 20.5 Å². The van der Waals surface area contributed by atoms with Crippen LogP contribution in [0.3, 0.4) is 0 Å². The van der Waals surface area contributed by atoms with Gasteiger partial charge in [0, 0.05) is 19.6 Å². The molecule has 0 amide bonds. The van der Waals surface area contributed by atoms with Gasteiger partial charge in [0.2, 0.25) is 0 Å². The summed E-state index contributed by atoms with van der Waals surface area (Å²) in [5, 5.41) is 6.82. The first kappa shape index (κ1) is 15.1. The monoisotopic (exact) mass is 232 g/mol. The second-order valence-electron chi connectivity index (χ2n) is 3.88. The fourth-order valence-corrected chi connectivity index (χ4v) is 2.53. The van der Waals surface area contributed by atoms with E-state index in [0.29, 0.717) is 0 Å². The van der Waals surface area contributed by atoms with E-state index in [1.165, 1.54) is 12.8 Å². The Morgan fingerprint density at radius 1 is 1.07 bits per heavy atom. The fraction of sp³-hybridized carbons (Fsp3) is 1.00. The average Bonchev–Trinajstić information content (AvgIpc) is 2.26. The highest BCUT2D eigenvalue weighted by molar-refractivity contribution is 6.04. The first-order valence-corrected chi connectivity index (χ1v) is 6.98. The van der Waals surface area contributed by atoms with Gasteiger partial charge in [-0.3, -0.25) is 15.5 Å². The number of hydrogen-bond acceptors (Lipinski definition) is 4.